The number of morpholine rings is 1. The monoisotopic (exact) mass is 380 g/mol. The highest BCUT2D eigenvalue weighted by atomic mass is 35.5. The van der Waals surface area contributed by atoms with Gasteiger partial charge in [-0.2, -0.15) is 0 Å². The number of hydrogen-bond donors (Lipinski definition) is 0. The molecule has 1 saturated heterocycles. The first kappa shape index (κ1) is 18.2. The summed E-state index contributed by atoms with van der Waals surface area (Å²) in [5, 5.41) is 9.75. The van der Waals surface area contributed by atoms with Crippen molar-refractivity contribution in [2.75, 3.05) is 18.8 Å². The second-order valence-electron chi connectivity index (χ2n) is 6.19. The van der Waals surface area contributed by atoms with Crippen LogP contribution in [0.5, 0.6) is 0 Å². The van der Waals surface area contributed by atoms with E-state index in [9.17, 15) is 4.79 Å². The lowest BCUT2D eigenvalue weighted by Crippen LogP contribution is -2.48. The zero-order valence-electron chi connectivity index (χ0n) is 14.5. The molecule has 0 bridgehead atoms. The van der Waals surface area contributed by atoms with Crippen LogP contribution in [0.1, 0.15) is 13.8 Å². The van der Waals surface area contributed by atoms with Crippen molar-refractivity contribution in [3.63, 3.8) is 0 Å². The maximum atomic E-state index is 12.5. The van der Waals surface area contributed by atoms with Crippen LogP contribution in [-0.2, 0) is 16.6 Å². The Hall–Kier alpha value is -1.57. The summed E-state index contributed by atoms with van der Waals surface area (Å²) < 4.78 is 7.54. The van der Waals surface area contributed by atoms with Crippen molar-refractivity contribution in [1.29, 1.82) is 0 Å². The fraction of sp³-hybridized carbons (Fsp3) is 0.471. The SMILES string of the molecule is C[C@@H]1CN(C(=O)CSc2nnc(-c3ccccc3Cl)n2C)C[C@H](C)O1. The van der Waals surface area contributed by atoms with Crippen LogP contribution in [0.15, 0.2) is 29.4 Å². The van der Waals surface area contributed by atoms with Crippen LogP contribution in [0, 0.1) is 0 Å². The van der Waals surface area contributed by atoms with Gasteiger partial charge in [0, 0.05) is 25.7 Å². The maximum absolute atomic E-state index is 12.5. The minimum Gasteiger partial charge on any atom is -0.372 e. The molecular formula is C17H21ClN4O2S. The van der Waals surface area contributed by atoms with Gasteiger partial charge in [0.05, 0.1) is 23.0 Å². The van der Waals surface area contributed by atoms with E-state index in [1.54, 1.807) is 0 Å². The molecule has 1 amide bonds. The zero-order chi connectivity index (χ0) is 18.0. The van der Waals surface area contributed by atoms with Crippen LogP contribution in [0.25, 0.3) is 11.4 Å². The van der Waals surface area contributed by atoms with Gasteiger partial charge < -0.3 is 14.2 Å². The summed E-state index contributed by atoms with van der Waals surface area (Å²) in [7, 11) is 1.88. The summed E-state index contributed by atoms with van der Waals surface area (Å²) in [6, 6.07) is 7.51. The molecule has 0 unspecified atom stereocenters. The van der Waals surface area contributed by atoms with E-state index in [-0.39, 0.29) is 18.1 Å². The van der Waals surface area contributed by atoms with Gasteiger partial charge in [-0.25, -0.2) is 0 Å². The molecule has 0 N–H and O–H groups in total. The standard InChI is InChI=1S/C17H21ClN4O2S/c1-11-8-22(9-12(2)24-11)15(23)10-25-17-20-19-16(21(17)3)13-6-4-5-7-14(13)18/h4-7,11-12H,8-10H2,1-3H3/t11-,12+. The zero-order valence-corrected chi connectivity index (χ0v) is 16.0. The minimum atomic E-state index is 0.0688. The predicted octanol–water partition coefficient (Wildman–Crippen LogP) is 2.86. The number of amides is 1. The van der Waals surface area contributed by atoms with Gasteiger partial charge >= 0.3 is 0 Å². The molecule has 0 spiro atoms. The molecule has 2 aromatic rings. The van der Waals surface area contributed by atoms with E-state index in [2.05, 4.69) is 10.2 Å². The first-order valence-electron chi connectivity index (χ1n) is 8.16. The molecule has 3 rings (SSSR count). The van der Waals surface area contributed by atoms with Crippen molar-refractivity contribution in [3.05, 3.63) is 29.3 Å². The number of ether oxygens (including phenoxy) is 1. The van der Waals surface area contributed by atoms with Gasteiger partial charge in [-0.15, -0.1) is 10.2 Å². The predicted molar refractivity (Wildman–Crippen MR) is 98.8 cm³/mol. The molecule has 1 fully saturated rings. The third-order valence-electron chi connectivity index (χ3n) is 4.05. The van der Waals surface area contributed by atoms with Gasteiger partial charge in [0.15, 0.2) is 11.0 Å². The Morgan fingerprint density at radius 1 is 1.28 bits per heavy atom. The lowest BCUT2D eigenvalue weighted by molar-refractivity contribution is -0.140. The Balaban J connectivity index is 1.66. The molecule has 134 valence electrons. The van der Waals surface area contributed by atoms with Crippen LogP contribution >= 0.6 is 23.4 Å². The largest absolute Gasteiger partial charge is 0.372 e. The van der Waals surface area contributed by atoms with E-state index in [0.717, 1.165) is 5.56 Å². The van der Waals surface area contributed by atoms with Crippen LogP contribution in [0.3, 0.4) is 0 Å². The number of benzene rings is 1. The van der Waals surface area contributed by atoms with Crippen LogP contribution in [0.4, 0.5) is 0 Å². The van der Waals surface area contributed by atoms with Gasteiger partial charge in [-0.05, 0) is 26.0 Å². The molecule has 25 heavy (non-hydrogen) atoms. The van der Waals surface area contributed by atoms with Crippen molar-refractivity contribution in [2.45, 2.75) is 31.2 Å². The molecule has 6 nitrogen and oxygen atoms in total. The molecule has 1 aromatic heterocycles. The van der Waals surface area contributed by atoms with Crippen molar-refractivity contribution in [3.8, 4) is 11.4 Å². The van der Waals surface area contributed by atoms with Gasteiger partial charge in [0.1, 0.15) is 0 Å². The third-order valence-corrected chi connectivity index (χ3v) is 5.38. The second kappa shape index (κ2) is 7.76. The first-order chi connectivity index (χ1) is 12.0. The number of aromatic nitrogens is 3. The van der Waals surface area contributed by atoms with Gasteiger partial charge in [0.25, 0.3) is 0 Å². The summed E-state index contributed by atoms with van der Waals surface area (Å²) in [6.45, 7) is 5.24. The summed E-state index contributed by atoms with van der Waals surface area (Å²) in [5.74, 6) is 1.11. The van der Waals surface area contributed by atoms with E-state index in [1.807, 2.05) is 54.6 Å². The highest BCUT2D eigenvalue weighted by Crippen LogP contribution is 2.28. The highest BCUT2D eigenvalue weighted by Gasteiger charge is 2.26. The molecule has 1 aliphatic rings. The molecule has 8 heteroatoms. The Morgan fingerprint density at radius 3 is 2.64 bits per heavy atom. The minimum absolute atomic E-state index is 0.0688. The quantitative estimate of drug-likeness (QED) is 0.763. The van der Waals surface area contributed by atoms with Crippen LogP contribution < -0.4 is 0 Å². The van der Waals surface area contributed by atoms with E-state index >= 15 is 0 Å². The maximum Gasteiger partial charge on any atom is 0.233 e. The summed E-state index contributed by atoms with van der Waals surface area (Å²) in [6.07, 6.45) is 0.138. The number of rotatable bonds is 4. The molecule has 0 aliphatic carbocycles. The number of carbonyl (C=O) groups excluding carboxylic acids is 1. The van der Waals surface area contributed by atoms with Gasteiger partial charge in [-0.1, -0.05) is 35.5 Å². The summed E-state index contributed by atoms with van der Waals surface area (Å²) in [4.78, 5) is 14.3. The number of nitrogens with zero attached hydrogens (tertiary/aromatic N) is 4. The summed E-state index contributed by atoms with van der Waals surface area (Å²) in [5.41, 5.74) is 0.827. The molecule has 2 atom stereocenters. The van der Waals surface area contributed by atoms with Crippen molar-refractivity contribution < 1.29 is 9.53 Å². The van der Waals surface area contributed by atoms with E-state index < -0.39 is 0 Å². The molecule has 1 aromatic carbocycles. The molecule has 1 aliphatic heterocycles. The normalized spacial score (nSPS) is 20.7. The number of hydrogen-bond acceptors (Lipinski definition) is 5. The Bertz CT molecular complexity index is 757. The van der Waals surface area contributed by atoms with Gasteiger partial charge in [-0.3, -0.25) is 4.79 Å². The van der Waals surface area contributed by atoms with Crippen molar-refractivity contribution in [2.24, 2.45) is 7.05 Å². The Kier molecular flexibility index (Phi) is 5.66. The third kappa shape index (κ3) is 4.16. The average Bonchev–Trinajstić information content (AvgIpc) is 2.93. The fourth-order valence-corrected chi connectivity index (χ4v) is 3.95. The lowest BCUT2D eigenvalue weighted by Gasteiger charge is -2.35. The molecule has 2 heterocycles. The Morgan fingerprint density at radius 2 is 1.96 bits per heavy atom. The van der Waals surface area contributed by atoms with E-state index in [1.165, 1.54) is 11.8 Å². The smallest absolute Gasteiger partial charge is 0.233 e. The molecular weight excluding hydrogens is 360 g/mol. The molecule has 0 radical (unpaired) electrons. The molecule has 0 saturated carbocycles. The number of thioether (sulfide) groups is 1. The second-order valence-corrected chi connectivity index (χ2v) is 7.54. The lowest BCUT2D eigenvalue weighted by atomic mass is 10.2. The number of carbonyl (C=O) groups is 1. The Labute approximate surface area is 156 Å². The topological polar surface area (TPSA) is 60.2 Å². The van der Waals surface area contributed by atoms with Crippen molar-refractivity contribution in [1.82, 2.24) is 19.7 Å². The van der Waals surface area contributed by atoms with Crippen molar-refractivity contribution >= 4 is 29.3 Å². The van der Waals surface area contributed by atoms with Crippen LogP contribution in [0.2, 0.25) is 5.02 Å². The average molecular weight is 381 g/mol. The fourth-order valence-electron chi connectivity index (χ4n) is 2.92. The highest BCUT2D eigenvalue weighted by molar-refractivity contribution is 7.99. The van der Waals surface area contributed by atoms with Crippen LogP contribution in [-0.4, -0.2) is 56.6 Å². The summed E-state index contributed by atoms with van der Waals surface area (Å²) >= 11 is 7.62. The first-order valence-corrected chi connectivity index (χ1v) is 9.52. The number of halogens is 1. The van der Waals surface area contributed by atoms with E-state index in [0.29, 0.717) is 34.8 Å². The van der Waals surface area contributed by atoms with Gasteiger partial charge in [0.2, 0.25) is 5.91 Å². The van der Waals surface area contributed by atoms with E-state index in [4.69, 9.17) is 16.3 Å².